The topological polar surface area (TPSA) is 68.5 Å². The minimum atomic E-state index is -0.0825. The monoisotopic (exact) mass is 388 g/mol. The molecule has 1 fully saturated rings. The normalized spacial score (nSPS) is 17.1. The molecule has 0 amide bonds. The van der Waals surface area contributed by atoms with Crippen LogP contribution in [0.4, 0.5) is 0 Å². The number of aromatic nitrogens is 4. The second-order valence-corrected chi connectivity index (χ2v) is 7.77. The average molecular weight is 389 g/mol. The first-order chi connectivity index (χ1) is 13.5. The summed E-state index contributed by atoms with van der Waals surface area (Å²) in [7, 11) is 5.51. The van der Waals surface area contributed by atoms with E-state index < -0.39 is 0 Å². The molecule has 0 radical (unpaired) electrons. The predicted octanol–water partition coefficient (Wildman–Crippen LogP) is 2.07. The molecule has 154 valence electrons. The van der Waals surface area contributed by atoms with Crippen molar-refractivity contribution in [1.29, 1.82) is 0 Å². The van der Waals surface area contributed by atoms with Crippen LogP contribution in [-0.4, -0.2) is 77.5 Å². The molecule has 0 unspecified atom stereocenters. The fraction of sp³-hybridized carbons (Fsp3) is 0.650. The van der Waals surface area contributed by atoms with Crippen LogP contribution >= 0.6 is 0 Å². The molecule has 1 aliphatic heterocycles. The van der Waals surface area contributed by atoms with Crippen molar-refractivity contribution in [2.45, 2.75) is 32.9 Å². The summed E-state index contributed by atoms with van der Waals surface area (Å²) in [5.74, 6) is 2.91. The van der Waals surface area contributed by atoms with Crippen molar-refractivity contribution in [3.05, 3.63) is 29.6 Å². The van der Waals surface area contributed by atoms with E-state index >= 15 is 0 Å². The van der Waals surface area contributed by atoms with Crippen LogP contribution in [-0.2, 0) is 6.54 Å². The molecule has 3 rings (SSSR count). The SMILES string of the molecule is COc1cccc([C@@H](c2nnnn2CCC(C)C)N2CCN(C)CC2)c1OC. The van der Waals surface area contributed by atoms with E-state index in [4.69, 9.17) is 9.47 Å². The fourth-order valence-electron chi connectivity index (χ4n) is 3.65. The van der Waals surface area contributed by atoms with Gasteiger partial charge >= 0.3 is 0 Å². The molecule has 8 nitrogen and oxygen atoms in total. The molecule has 0 N–H and O–H groups in total. The summed E-state index contributed by atoms with van der Waals surface area (Å²) in [6.07, 6.45) is 1.03. The van der Waals surface area contributed by atoms with Gasteiger partial charge in [0.05, 0.1) is 14.2 Å². The Bertz CT molecular complexity index is 755. The number of aryl methyl sites for hydroxylation is 1. The molecule has 2 aromatic rings. The van der Waals surface area contributed by atoms with Crippen molar-refractivity contribution in [3.63, 3.8) is 0 Å². The van der Waals surface area contributed by atoms with E-state index in [2.05, 4.69) is 52.3 Å². The predicted molar refractivity (Wildman–Crippen MR) is 108 cm³/mol. The zero-order chi connectivity index (χ0) is 20.1. The number of likely N-dealkylation sites (N-methyl/N-ethyl adjacent to an activating group) is 1. The van der Waals surface area contributed by atoms with Crippen LogP contribution < -0.4 is 9.47 Å². The third-order valence-electron chi connectivity index (χ3n) is 5.35. The summed E-state index contributed by atoms with van der Waals surface area (Å²) < 4.78 is 13.3. The molecule has 1 aliphatic rings. The Morgan fingerprint density at radius 3 is 2.46 bits per heavy atom. The lowest BCUT2D eigenvalue weighted by molar-refractivity contribution is 0.119. The first kappa shape index (κ1) is 20.5. The summed E-state index contributed by atoms with van der Waals surface area (Å²) in [6.45, 7) is 9.14. The van der Waals surface area contributed by atoms with Crippen molar-refractivity contribution in [2.24, 2.45) is 5.92 Å². The second-order valence-electron chi connectivity index (χ2n) is 7.77. The highest BCUT2D eigenvalue weighted by atomic mass is 16.5. The summed E-state index contributed by atoms with van der Waals surface area (Å²) in [5.41, 5.74) is 1.03. The lowest BCUT2D eigenvalue weighted by Gasteiger charge is -2.38. The van der Waals surface area contributed by atoms with Crippen LogP contribution in [0.5, 0.6) is 11.5 Å². The lowest BCUT2D eigenvalue weighted by atomic mass is 10.0. The minimum absolute atomic E-state index is 0.0825. The first-order valence-electron chi connectivity index (χ1n) is 9.94. The number of para-hydroxylation sites is 1. The van der Waals surface area contributed by atoms with Crippen LogP contribution in [0.15, 0.2) is 18.2 Å². The Morgan fingerprint density at radius 2 is 1.82 bits per heavy atom. The van der Waals surface area contributed by atoms with Gasteiger partial charge in [0.25, 0.3) is 0 Å². The maximum Gasteiger partial charge on any atom is 0.173 e. The van der Waals surface area contributed by atoms with Gasteiger partial charge in [-0.2, -0.15) is 0 Å². The van der Waals surface area contributed by atoms with Crippen molar-refractivity contribution in [2.75, 3.05) is 47.4 Å². The van der Waals surface area contributed by atoms with Crippen LogP contribution in [0, 0.1) is 5.92 Å². The largest absolute Gasteiger partial charge is 0.493 e. The number of piperazine rings is 1. The molecular weight excluding hydrogens is 356 g/mol. The van der Waals surface area contributed by atoms with E-state index in [9.17, 15) is 0 Å². The van der Waals surface area contributed by atoms with Gasteiger partial charge in [-0.3, -0.25) is 4.90 Å². The Labute approximate surface area is 167 Å². The van der Waals surface area contributed by atoms with Crippen molar-refractivity contribution in [1.82, 2.24) is 30.0 Å². The zero-order valence-electron chi connectivity index (χ0n) is 17.6. The third-order valence-corrected chi connectivity index (χ3v) is 5.35. The van der Waals surface area contributed by atoms with Crippen molar-refractivity contribution < 1.29 is 9.47 Å². The van der Waals surface area contributed by atoms with Crippen molar-refractivity contribution >= 4 is 0 Å². The summed E-state index contributed by atoms with van der Waals surface area (Å²) in [4.78, 5) is 4.78. The number of tetrazole rings is 1. The molecule has 1 aromatic carbocycles. The smallest absolute Gasteiger partial charge is 0.173 e. The van der Waals surface area contributed by atoms with Crippen LogP contribution in [0.1, 0.15) is 37.7 Å². The Hall–Kier alpha value is -2.19. The van der Waals surface area contributed by atoms with Crippen LogP contribution in [0.2, 0.25) is 0 Å². The van der Waals surface area contributed by atoms with Crippen LogP contribution in [0.3, 0.4) is 0 Å². The van der Waals surface area contributed by atoms with Crippen molar-refractivity contribution in [3.8, 4) is 11.5 Å². The number of benzene rings is 1. The highest BCUT2D eigenvalue weighted by Crippen LogP contribution is 2.39. The molecule has 0 aliphatic carbocycles. The molecule has 2 heterocycles. The number of methoxy groups -OCH3 is 2. The van der Waals surface area contributed by atoms with E-state index in [0.29, 0.717) is 5.92 Å². The standard InChI is InChI=1S/C20H32N6O2/c1-15(2)9-10-26-20(21-22-23-26)18(25-13-11-24(3)12-14-25)16-7-6-8-17(27-4)19(16)28-5/h6-8,15,18H,9-14H2,1-5H3/t18-/m0/s1. The van der Waals surface area contributed by atoms with Gasteiger partial charge in [0.1, 0.15) is 6.04 Å². The second kappa shape index (κ2) is 9.34. The Kier molecular flexibility index (Phi) is 6.85. The molecule has 8 heteroatoms. The van der Waals surface area contributed by atoms with E-state index in [-0.39, 0.29) is 6.04 Å². The first-order valence-corrected chi connectivity index (χ1v) is 9.94. The minimum Gasteiger partial charge on any atom is -0.493 e. The number of nitrogens with zero attached hydrogens (tertiary/aromatic N) is 6. The van der Waals surface area contributed by atoms with Crippen LogP contribution in [0.25, 0.3) is 0 Å². The number of ether oxygens (including phenoxy) is 2. The maximum absolute atomic E-state index is 5.76. The van der Waals surface area contributed by atoms with Gasteiger partial charge in [0.15, 0.2) is 17.3 Å². The Balaban J connectivity index is 2.04. The molecule has 1 atom stereocenters. The van der Waals surface area contributed by atoms with E-state index in [1.807, 2.05) is 16.8 Å². The van der Waals surface area contributed by atoms with Gasteiger partial charge in [-0.05, 0) is 35.9 Å². The summed E-state index contributed by atoms with van der Waals surface area (Å²) >= 11 is 0. The number of hydrogen-bond acceptors (Lipinski definition) is 7. The third kappa shape index (κ3) is 4.44. The Morgan fingerprint density at radius 1 is 1.07 bits per heavy atom. The number of hydrogen-bond donors (Lipinski definition) is 0. The fourth-order valence-corrected chi connectivity index (χ4v) is 3.65. The quantitative estimate of drug-likeness (QED) is 0.686. The van der Waals surface area contributed by atoms with Gasteiger partial charge < -0.3 is 14.4 Å². The molecular formula is C20H32N6O2. The highest BCUT2D eigenvalue weighted by molar-refractivity contribution is 5.49. The van der Waals surface area contributed by atoms with Gasteiger partial charge in [0.2, 0.25) is 0 Å². The van der Waals surface area contributed by atoms with Gasteiger partial charge in [-0.1, -0.05) is 26.0 Å². The summed E-state index contributed by atoms with van der Waals surface area (Å²) in [5, 5.41) is 12.7. The molecule has 28 heavy (non-hydrogen) atoms. The molecule has 0 bridgehead atoms. The van der Waals surface area contributed by atoms with E-state index in [1.165, 1.54) is 0 Å². The number of rotatable bonds is 8. The molecule has 0 saturated carbocycles. The summed E-state index contributed by atoms with van der Waals surface area (Å²) in [6, 6.07) is 5.93. The molecule has 1 saturated heterocycles. The molecule has 0 spiro atoms. The molecule has 1 aromatic heterocycles. The zero-order valence-corrected chi connectivity index (χ0v) is 17.6. The highest BCUT2D eigenvalue weighted by Gasteiger charge is 2.32. The van der Waals surface area contributed by atoms with E-state index in [0.717, 1.165) is 62.0 Å². The van der Waals surface area contributed by atoms with E-state index in [1.54, 1.807) is 14.2 Å². The lowest BCUT2D eigenvalue weighted by Crippen LogP contribution is -2.46. The van der Waals surface area contributed by atoms with Gasteiger partial charge in [-0.15, -0.1) is 5.10 Å². The maximum atomic E-state index is 5.76. The average Bonchev–Trinajstić information content (AvgIpc) is 3.16. The van der Waals surface area contributed by atoms with Gasteiger partial charge in [0, 0.05) is 38.3 Å². The van der Waals surface area contributed by atoms with Gasteiger partial charge in [-0.25, -0.2) is 4.68 Å².